The maximum absolute atomic E-state index is 12.9. The molecule has 1 amide bonds. The highest BCUT2D eigenvalue weighted by molar-refractivity contribution is 5.94. The molecule has 1 heterocycles. The van der Waals surface area contributed by atoms with Crippen molar-refractivity contribution in [3.8, 4) is 11.5 Å². The molecule has 0 bridgehead atoms. The molecule has 1 aromatic heterocycles. The first kappa shape index (κ1) is 24.3. The van der Waals surface area contributed by atoms with Crippen molar-refractivity contribution >= 4 is 5.91 Å². The molecule has 0 aliphatic heterocycles. The van der Waals surface area contributed by atoms with Crippen LogP contribution in [0.25, 0.3) is 0 Å². The molecule has 0 aliphatic rings. The van der Waals surface area contributed by atoms with Crippen molar-refractivity contribution in [3.63, 3.8) is 0 Å². The van der Waals surface area contributed by atoms with Crippen LogP contribution >= 0.6 is 0 Å². The summed E-state index contributed by atoms with van der Waals surface area (Å²) in [7, 11) is 1.56. The summed E-state index contributed by atoms with van der Waals surface area (Å²) in [5.74, 6) is 1.62. The number of nitrogens with zero attached hydrogens (tertiary/aromatic N) is 2. The fourth-order valence-electron chi connectivity index (χ4n) is 3.87. The average Bonchev–Trinajstić information content (AvgIpc) is 3.17. The molecule has 7 heteroatoms. The van der Waals surface area contributed by atoms with Gasteiger partial charge in [-0.25, -0.2) is 0 Å². The van der Waals surface area contributed by atoms with Gasteiger partial charge in [-0.05, 0) is 50.7 Å². The van der Waals surface area contributed by atoms with Crippen molar-refractivity contribution in [2.75, 3.05) is 26.7 Å². The van der Waals surface area contributed by atoms with Crippen LogP contribution in [0.5, 0.6) is 11.5 Å². The molecular formula is C26H33N3O4. The van der Waals surface area contributed by atoms with Gasteiger partial charge in [-0.2, -0.15) is 0 Å². The Hall–Kier alpha value is -3.32. The second-order valence-electron chi connectivity index (χ2n) is 7.81. The molecule has 1 N–H and O–H groups in total. The van der Waals surface area contributed by atoms with Crippen LogP contribution in [0.3, 0.4) is 0 Å². The SMILES string of the molecule is CCN(CC)C(CNC(=O)c1ccc(OCc2c(C)noc2C)c(OC)c1)c1ccccc1. The first-order chi connectivity index (χ1) is 16.0. The fourth-order valence-corrected chi connectivity index (χ4v) is 3.87. The lowest BCUT2D eigenvalue weighted by molar-refractivity contribution is 0.0934. The number of benzene rings is 2. The number of ether oxygens (including phenoxy) is 2. The van der Waals surface area contributed by atoms with Crippen molar-refractivity contribution in [2.45, 2.75) is 40.3 Å². The number of likely N-dealkylation sites (N-methyl/N-ethyl adjacent to an activating group) is 1. The molecule has 33 heavy (non-hydrogen) atoms. The third-order valence-electron chi connectivity index (χ3n) is 5.87. The maximum atomic E-state index is 12.9. The van der Waals surface area contributed by atoms with E-state index in [1.54, 1.807) is 25.3 Å². The van der Waals surface area contributed by atoms with Gasteiger partial charge in [0.05, 0.1) is 24.4 Å². The predicted octanol–water partition coefficient (Wildman–Crippen LogP) is 4.69. The van der Waals surface area contributed by atoms with Crippen molar-refractivity contribution < 1.29 is 18.8 Å². The number of rotatable bonds is 11. The second kappa shape index (κ2) is 11.5. The molecule has 0 fully saturated rings. The Balaban J connectivity index is 1.70. The fraction of sp³-hybridized carbons (Fsp3) is 0.385. The van der Waals surface area contributed by atoms with E-state index in [1.165, 1.54) is 5.56 Å². The number of carbonyl (C=O) groups excluding carboxylic acids is 1. The van der Waals surface area contributed by atoms with Gasteiger partial charge < -0.3 is 19.3 Å². The summed E-state index contributed by atoms with van der Waals surface area (Å²) in [4.78, 5) is 15.3. The van der Waals surface area contributed by atoms with Crippen molar-refractivity contribution in [1.29, 1.82) is 0 Å². The van der Waals surface area contributed by atoms with E-state index in [9.17, 15) is 4.79 Å². The molecule has 0 saturated carbocycles. The molecule has 2 aromatic carbocycles. The van der Waals surface area contributed by atoms with Crippen LogP contribution in [0.1, 0.15) is 52.8 Å². The Bertz CT molecular complexity index is 1030. The largest absolute Gasteiger partial charge is 0.493 e. The first-order valence-electron chi connectivity index (χ1n) is 11.3. The lowest BCUT2D eigenvalue weighted by Gasteiger charge is -2.30. The van der Waals surface area contributed by atoms with Gasteiger partial charge in [-0.1, -0.05) is 49.3 Å². The third kappa shape index (κ3) is 5.93. The van der Waals surface area contributed by atoms with Crippen LogP contribution in [0.2, 0.25) is 0 Å². The monoisotopic (exact) mass is 451 g/mol. The standard InChI is InChI=1S/C26H33N3O4/c1-6-29(7-2)23(20-11-9-8-10-12-20)16-27-26(30)21-13-14-24(25(15-21)31-5)32-17-22-18(3)28-33-19(22)4/h8-15,23H,6-7,16-17H2,1-5H3,(H,27,30). The van der Waals surface area contributed by atoms with Gasteiger partial charge in [-0.3, -0.25) is 9.69 Å². The minimum Gasteiger partial charge on any atom is -0.493 e. The predicted molar refractivity (Wildman–Crippen MR) is 128 cm³/mol. The van der Waals surface area contributed by atoms with Gasteiger partial charge in [0, 0.05) is 12.1 Å². The Morgan fingerprint density at radius 3 is 2.42 bits per heavy atom. The zero-order valence-electron chi connectivity index (χ0n) is 20.1. The van der Waals surface area contributed by atoms with E-state index in [-0.39, 0.29) is 11.9 Å². The quantitative estimate of drug-likeness (QED) is 0.456. The van der Waals surface area contributed by atoms with Crippen molar-refractivity contribution in [2.24, 2.45) is 0 Å². The highest BCUT2D eigenvalue weighted by Crippen LogP contribution is 2.29. The van der Waals surface area contributed by atoms with E-state index in [2.05, 4.69) is 41.4 Å². The van der Waals surface area contributed by atoms with E-state index in [0.29, 0.717) is 30.2 Å². The van der Waals surface area contributed by atoms with E-state index < -0.39 is 0 Å². The van der Waals surface area contributed by atoms with Crippen LogP contribution in [0.15, 0.2) is 53.1 Å². The first-order valence-corrected chi connectivity index (χ1v) is 11.3. The third-order valence-corrected chi connectivity index (χ3v) is 5.87. The number of aromatic nitrogens is 1. The molecule has 3 aromatic rings. The van der Waals surface area contributed by atoms with Gasteiger partial charge in [0.1, 0.15) is 12.4 Å². The number of hydrogen-bond donors (Lipinski definition) is 1. The van der Waals surface area contributed by atoms with E-state index >= 15 is 0 Å². The Kier molecular flexibility index (Phi) is 8.49. The van der Waals surface area contributed by atoms with Crippen LogP contribution in [-0.4, -0.2) is 42.7 Å². The number of methoxy groups -OCH3 is 1. The highest BCUT2D eigenvalue weighted by atomic mass is 16.5. The Morgan fingerprint density at radius 2 is 1.82 bits per heavy atom. The molecule has 0 spiro atoms. The number of aryl methyl sites for hydroxylation is 2. The summed E-state index contributed by atoms with van der Waals surface area (Å²) in [5, 5.41) is 7.04. The number of carbonyl (C=O) groups is 1. The van der Waals surface area contributed by atoms with Crippen LogP contribution < -0.4 is 14.8 Å². The lowest BCUT2D eigenvalue weighted by atomic mass is 10.0. The van der Waals surface area contributed by atoms with Gasteiger partial charge in [0.2, 0.25) is 0 Å². The minimum atomic E-state index is -0.154. The summed E-state index contributed by atoms with van der Waals surface area (Å²) < 4.78 is 16.6. The number of amides is 1. The maximum Gasteiger partial charge on any atom is 0.251 e. The summed E-state index contributed by atoms with van der Waals surface area (Å²) in [6, 6.07) is 15.6. The van der Waals surface area contributed by atoms with Crippen LogP contribution in [0.4, 0.5) is 0 Å². The molecule has 0 radical (unpaired) electrons. The molecule has 1 unspecified atom stereocenters. The topological polar surface area (TPSA) is 76.8 Å². The highest BCUT2D eigenvalue weighted by Gasteiger charge is 2.20. The Labute approximate surface area is 195 Å². The zero-order chi connectivity index (χ0) is 23.8. The average molecular weight is 452 g/mol. The summed E-state index contributed by atoms with van der Waals surface area (Å²) >= 11 is 0. The molecule has 1 atom stereocenters. The van der Waals surface area contributed by atoms with Gasteiger partial charge >= 0.3 is 0 Å². The molecule has 0 saturated heterocycles. The normalized spacial score (nSPS) is 11.9. The van der Waals surface area contributed by atoms with E-state index in [4.69, 9.17) is 14.0 Å². The molecular weight excluding hydrogens is 418 g/mol. The summed E-state index contributed by atoms with van der Waals surface area (Å²) in [5.41, 5.74) is 3.40. The Morgan fingerprint density at radius 1 is 1.09 bits per heavy atom. The number of hydrogen-bond acceptors (Lipinski definition) is 6. The molecule has 176 valence electrons. The van der Waals surface area contributed by atoms with Gasteiger partial charge in [0.15, 0.2) is 11.5 Å². The van der Waals surface area contributed by atoms with Crippen LogP contribution in [0, 0.1) is 13.8 Å². The molecule has 0 aliphatic carbocycles. The van der Waals surface area contributed by atoms with Crippen molar-refractivity contribution in [3.05, 3.63) is 76.7 Å². The molecule has 3 rings (SSSR count). The van der Waals surface area contributed by atoms with Gasteiger partial charge in [0.25, 0.3) is 5.91 Å². The van der Waals surface area contributed by atoms with Crippen LogP contribution in [-0.2, 0) is 6.61 Å². The number of nitrogens with one attached hydrogen (secondary N) is 1. The smallest absolute Gasteiger partial charge is 0.251 e. The summed E-state index contributed by atoms with van der Waals surface area (Å²) in [6.07, 6.45) is 0. The van der Waals surface area contributed by atoms with Crippen molar-refractivity contribution in [1.82, 2.24) is 15.4 Å². The summed E-state index contributed by atoms with van der Waals surface area (Å²) in [6.45, 7) is 10.6. The van der Waals surface area contributed by atoms with E-state index in [1.807, 2.05) is 32.0 Å². The zero-order valence-corrected chi connectivity index (χ0v) is 20.1. The van der Waals surface area contributed by atoms with E-state index in [0.717, 1.165) is 30.1 Å². The minimum absolute atomic E-state index is 0.102. The molecule has 7 nitrogen and oxygen atoms in total. The van der Waals surface area contributed by atoms with Gasteiger partial charge in [-0.15, -0.1) is 0 Å². The lowest BCUT2D eigenvalue weighted by Crippen LogP contribution is -2.38. The second-order valence-corrected chi connectivity index (χ2v) is 7.81.